The molecule has 25 heavy (non-hydrogen) atoms. The van der Waals surface area contributed by atoms with Crippen molar-refractivity contribution in [1.29, 1.82) is 0 Å². The van der Waals surface area contributed by atoms with E-state index in [0.29, 0.717) is 50.6 Å². The van der Waals surface area contributed by atoms with Gasteiger partial charge in [0.05, 0.1) is 5.92 Å². The molecule has 1 spiro atoms. The maximum Gasteiger partial charge on any atom is 0.392 e. The molecule has 2 aromatic heterocycles. The van der Waals surface area contributed by atoms with Gasteiger partial charge >= 0.3 is 6.18 Å². The Kier molecular flexibility index (Phi) is 3.86. The lowest BCUT2D eigenvalue weighted by molar-refractivity contribution is -0.223. The average Bonchev–Trinajstić information content (AvgIpc) is 3.03. The van der Waals surface area contributed by atoms with Crippen molar-refractivity contribution in [3.63, 3.8) is 0 Å². The molecule has 9 heteroatoms. The summed E-state index contributed by atoms with van der Waals surface area (Å²) in [5, 5.41) is 7.90. The third-order valence-corrected chi connectivity index (χ3v) is 5.60. The number of piperidine rings is 1. The Bertz CT molecular complexity index is 769. The highest BCUT2D eigenvalue weighted by Gasteiger charge is 2.56. The Morgan fingerprint density at radius 2 is 2.04 bits per heavy atom. The molecular formula is C16H20F3N5O. The monoisotopic (exact) mass is 355 g/mol. The maximum absolute atomic E-state index is 13.6. The van der Waals surface area contributed by atoms with Gasteiger partial charge in [0, 0.05) is 37.8 Å². The third-order valence-electron chi connectivity index (χ3n) is 5.60. The van der Waals surface area contributed by atoms with Gasteiger partial charge in [-0.05, 0) is 26.2 Å². The summed E-state index contributed by atoms with van der Waals surface area (Å²) < 4.78 is 48.0. The van der Waals surface area contributed by atoms with Crippen LogP contribution in [0, 0.1) is 18.3 Å². The standard InChI is InChI=1S/C16H20F3N5O/c1-11-21-13(8-14-22-20-10-24(11)14)23-5-2-12(16(17,18)19)15(9-23)3-6-25-7-4-15/h8,10,12H,2-7,9H2,1H3. The van der Waals surface area contributed by atoms with E-state index in [0.717, 1.165) is 5.82 Å². The number of ether oxygens (including phenoxy) is 1. The highest BCUT2D eigenvalue weighted by atomic mass is 19.4. The second-order valence-electron chi connectivity index (χ2n) is 7.00. The minimum atomic E-state index is -4.18. The van der Waals surface area contributed by atoms with E-state index in [1.165, 1.54) is 0 Å². The van der Waals surface area contributed by atoms with E-state index in [1.807, 2.05) is 11.8 Å². The van der Waals surface area contributed by atoms with Crippen molar-refractivity contribution >= 4 is 11.5 Å². The number of alkyl halides is 3. The van der Waals surface area contributed by atoms with Gasteiger partial charge in [0.1, 0.15) is 18.0 Å². The van der Waals surface area contributed by atoms with Crippen LogP contribution >= 0.6 is 0 Å². The van der Waals surface area contributed by atoms with Crippen LogP contribution in [-0.2, 0) is 4.74 Å². The molecule has 1 unspecified atom stereocenters. The molecule has 0 amide bonds. The number of halogens is 3. The summed E-state index contributed by atoms with van der Waals surface area (Å²) in [6.45, 7) is 3.29. The van der Waals surface area contributed by atoms with Gasteiger partial charge in [0.2, 0.25) is 0 Å². The lowest BCUT2D eigenvalue weighted by Crippen LogP contribution is -2.55. The van der Waals surface area contributed by atoms with E-state index in [1.54, 1.807) is 16.8 Å². The number of hydrogen-bond donors (Lipinski definition) is 0. The van der Waals surface area contributed by atoms with E-state index in [4.69, 9.17) is 4.74 Å². The summed E-state index contributed by atoms with van der Waals surface area (Å²) in [6, 6.07) is 1.79. The van der Waals surface area contributed by atoms with E-state index in [9.17, 15) is 13.2 Å². The van der Waals surface area contributed by atoms with E-state index < -0.39 is 17.5 Å². The number of aromatic nitrogens is 4. The molecule has 2 saturated heterocycles. The number of anilines is 1. The van der Waals surface area contributed by atoms with Crippen LogP contribution < -0.4 is 4.90 Å². The van der Waals surface area contributed by atoms with Gasteiger partial charge < -0.3 is 9.64 Å². The fourth-order valence-corrected chi connectivity index (χ4v) is 4.27. The van der Waals surface area contributed by atoms with Gasteiger partial charge in [-0.15, -0.1) is 10.2 Å². The van der Waals surface area contributed by atoms with Crippen molar-refractivity contribution in [1.82, 2.24) is 19.6 Å². The van der Waals surface area contributed by atoms with E-state index in [2.05, 4.69) is 15.2 Å². The Morgan fingerprint density at radius 1 is 1.28 bits per heavy atom. The summed E-state index contributed by atoms with van der Waals surface area (Å²) in [6.07, 6.45) is -1.65. The quantitative estimate of drug-likeness (QED) is 0.787. The third kappa shape index (κ3) is 2.84. The summed E-state index contributed by atoms with van der Waals surface area (Å²) in [5.41, 5.74) is -0.147. The summed E-state index contributed by atoms with van der Waals surface area (Å²) in [4.78, 5) is 6.53. The zero-order chi connectivity index (χ0) is 17.7. The molecule has 4 heterocycles. The molecule has 1 atom stereocenters. The first kappa shape index (κ1) is 16.6. The van der Waals surface area contributed by atoms with Gasteiger partial charge in [-0.2, -0.15) is 13.2 Å². The highest BCUT2D eigenvalue weighted by Crippen LogP contribution is 2.51. The van der Waals surface area contributed by atoms with Crippen molar-refractivity contribution in [2.24, 2.45) is 11.3 Å². The van der Waals surface area contributed by atoms with Crippen molar-refractivity contribution in [3.05, 3.63) is 18.2 Å². The minimum absolute atomic E-state index is 0.0854. The van der Waals surface area contributed by atoms with E-state index in [-0.39, 0.29) is 6.42 Å². The van der Waals surface area contributed by atoms with Gasteiger partial charge in [-0.3, -0.25) is 4.40 Å². The second kappa shape index (κ2) is 5.82. The molecule has 6 nitrogen and oxygen atoms in total. The second-order valence-corrected chi connectivity index (χ2v) is 7.00. The largest absolute Gasteiger partial charge is 0.392 e. The summed E-state index contributed by atoms with van der Waals surface area (Å²) >= 11 is 0. The Labute approximate surface area is 143 Å². The van der Waals surface area contributed by atoms with Crippen LogP contribution in [0.2, 0.25) is 0 Å². The molecule has 0 aliphatic carbocycles. The molecule has 0 aromatic carbocycles. The molecule has 0 radical (unpaired) electrons. The Balaban J connectivity index is 1.68. The first-order chi connectivity index (χ1) is 11.9. The maximum atomic E-state index is 13.6. The predicted molar refractivity (Wildman–Crippen MR) is 84.4 cm³/mol. The van der Waals surface area contributed by atoms with Crippen molar-refractivity contribution < 1.29 is 17.9 Å². The fourth-order valence-electron chi connectivity index (χ4n) is 4.27. The fraction of sp³-hybridized carbons (Fsp3) is 0.688. The average molecular weight is 355 g/mol. The van der Waals surface area contributed by atoms with Gasteiger partial charge in [0.25, 0.3) is 0 Å². The van der Waals surface area contributed by atoms with Crippen LogP contribution in [0.15, 0.2) is 12.4 Å². The molecule has 0 N–H and O–H groups in total. The molecular weight excluding hydrogens is 335 g/mol. The van der Waals surface area contributed by atoms with Crippen LogP contribution in [0.1, 0.15) is 25.1 Å². The molecule has 2 aromatic rings. The number of hydrogen-bond acceptors (Lipinski definition) is 5. The Hall–Kier alpha value is -1.90. The van der Waals surface area contributed by atoms with Crippen LogP contribution in [0.25, 0.3) is 5.65 Å². The lowest BCUT2D eigenvalue weighted by Gasteiger charge is -2.51. The minimum Gasteiger partial charge on any atom is -0.381 e. The van der Waals surface area contributed by atoms with Crippen molar-refractivity contribution in [3.8, 4) is 0 Å². The normalized spacial score (nSPS) is 24.2. The number of aryl methyl sites for hydroxylation is 1. The molecule has 2 fully saturated rings. The van der Waals surface area contributed by atoms with Crippen LogP contribution in [0.3, 0.4) is 0 Å². The molecule has 4 rings (SSSR count). The zero-order valence-electron chi connectivity index (χ0n) is 14.0. The number of rotatable bonds is 1. The lowest BCUT2D eigenvalue weighted by atomic mass is 9.65. The highest BCUT2D eigenvalue weighted by molar-refractivity contribution is 5.52. The topological polar surface area (TPSA) is 55.5 Å². The SMILES string of the molecule is Cc1nc(N2CCC(C(F)(F)F)C3(CCOCC3)C2)cc2nncn12. The zero-order valence-corrected chi connectivity index (χ0v) is 14.0. The number of fused-ring (bicyclic) bond motifs is 1. The molecule has 136 valence electrons. The predicted octanol–water partition coefficient (Wildman–Crippen LogP) is 2.62. The van der Waals surface area contributed by atoms with Gasteiger partial charge in [0.15, 0.2) is 5.65 Å². The first-order valence-electron chi connectivity index (χ1n) is 8.46. The summed E-state index contributed by atoms with van der Waals surface area (Å²) in [5.74, 6) is 0.110. The molecule has 0 bridgehead atoms. The molecule has 2 aliphatic heterocycles. The molecule has 2 aliphatic rings. The van der Waals surface area contributed by atoms with Gasteiger partial charge in [-0.1, -0.05) is 0 Å². The van der Waals surface area contributed by atoms with Crippen LogP contribution in [0.5, 0.6) is 0 Å². The van der Waals surface area contributed by atoms with Crippen LogP contribution in [-0.4, -0.2) is 52.1 Å². The summed E-state index contributed by atoms with van der Waals surface area (Å²) in [7, 11) is 0. The number of nitrogens with zero attached hydrogens (tertiary/aromatic N) is 5. The van der Waals surface area contributed by atoms with Crippen molar-refractivity contribution in [2.45, 2.75) is 32.4 Å². The Morgan fingerprint density at radius 3 is 2.76 bits per heavy atom. The van der Waals surface area contributed by atoms with E-state index >= 15 is 0 Å². The smallest absolute Gasteiger partial charge is 0.381 e. The molecule has 0 saturated carbocycles. The van der Waals surface area contributed by atoms with Gasteiger partial charge in [-0.25, -0.2) is 4.98 Å². The van der Waals surface area contributed by atoms with Crippen LogP contribution in [0.4, 0.5) is 19.0 Å². The first-order valence-corrected chi connectivity index (χ1v) is 8.46. The van der Waals surface area contributed by atoms with Crippen molar-refractivity contribution in [2.75, 3.05) is 31.2 Å².